The number of ether oxygens (including phenoxy) is 1. The number of carbonyl (C=O) groups excluding carboxylic acids is 5. The van der Waals surface area contributed by atoms with E-state index < -0.39 is 23.7 Å². The van der Waals surface area contributed by atoms with Gasteiger partial charge in [0.1, 0.15) is 12.4 Å². The minimum Gasteiger partial charge on any atom is -0.491 e. The van der Waals surface area contributed by atoms with Crippen molar-refractivity contribution in [3.05, 3.63) is 130 Å². The predicted octanol–water partition coefficient (Wildman–Crippen LogP) is 4.92. The second kappa shape index (κ2) is 11.6. The largest absolute Gasteiger partial charge is 0.491 e. The molecule has 1 saturated heterocycles. The lowest BCUT2D eigenvalue weighted by Crippen LogP contribution is -2.39. The minimum atomic E-state index is -0.698. The molecule has 46 heavy (non-hydrogen) atoms. The first kappa shape index (κ1) is 29.5. The molecule has 0 unspecified atom stereocenters. The van der Waals surface area contributed by atoms with Crippen LogP contribution in [0, 0.1) is 17.8 Å². The normalized spacial score (nSPS) is 23.8. The summed E-state index contributed by atoms with van der Waals surface area (Å²) in [6.07, 6.45) is 3.90. The molecule has 4 atom stereocenters. The van der Waals surface area contributed by atoms with Gasteiger partial charge in [-0.25, -0.2) is 0 Å². The molecule has 4 aliphatic rings. The van der Waals surface area contributed by atoms with Crippen molar-refractivity contribution < 1.29 is 33.8 Å². The van der Waals surface area contributed by atoms with Crippen LogP contribution in [-0.4, -0.2) is 47.5 Å². The number of carbonyl (C=O) groups is 5. The molecule has 1 fully saturated rings. The van der Waals surface area contributed by atoms with Crippen molar-refractivity contribution in [2.24, 2.45) is 17.8 Å². The third-order valence-corrected chi connectivity index (χ3v) is 9.56. The van der Waals surface area contributed by atoms with Crippen LogP contribution in [0.2, 0.25) is 0 Å². The van der Waals surface area contributed by atoms with Gasteiger partial charge in [-0.2, -0.15) is 0 Å². The smallest absolute Gasteiger partial charge is 0.238 e. The van der Waals surface area contributed by atoms with Gasteiger partial charge in [0.15, 0.2) is 17.3 Å². The molecule has 7 rings (SSSR count). The topological polar surface area (TPSA) is 118 Å². The molecule has 0 spiro atoms. The Balaban J connectivity index is 1.23. The summed E-state index contributed by atoms with van der Waals surface area (Å²) in [4.78, 5) is 69.2. The molecule has 0 bridgehead atoms. The van der Waals surface area contributed by atoms with Crippen LogP contribution in [0.1, 0.15) is 47.2 Å². The molecule has 1 heterocycles. The molecule has 1 N–H and O–H groups in total. The van der Waals surface area contributed by atoms with Crippen molar-refractivity contribution in [1.29, 1.82) is 0 Å². The Kier molecular flexibility index (Phi) is 7.45. The maximum atomic E-state index is 14.2. The molecule has 0 saturated carbocycles. The molecule has 0 radical (unpaired) electrons. The zero-order valence-corrected chi connectivity index (χ0v) is 25.1. The number of rotatable bonds is 7. The molecule has 230 valence electrons. The molecular formula is C38H31NO7. The number of hydrogen-bond acceptors (Lipinski definition) is 7. The maximum absolute atomic E-state index is 14.2. The Morgan fingerprint density at radius 2 is 1.57 bits per heavy atom. The number of benzene rings is 3. The number of hydrogen-bond donors (Lipinski definition) is 1. The van der Waals surface area contributed by atoms with Gasteiger partial charge >= 0.3 is 0 Å². The molecule has 1 aliphatic heterocycles. The van der Waals surface area contributed by atoms with Crippen molar-refractivity contribution in [1.82, 2.24) is 0 Å². The fourth-order valence-electron chi connectivity index (χ4n) is 7.45. The molecular weight excluding hydrogens is 582 g/mol. The van der Waals surface area contributed by atoms with E-state index in [1.807, 2.05) is 24.3 Å². The number of ketones is 3. The van der Waals surface area contributed by atoms with Crippen LogP contribution in [0.4, 0.5) is 5.69 Å². The first-order valence-electron chi connectivity index (χ1n) is 15.4. The van der Waals surface area contributed by atoms with Crippen molar-refractivity contribution in [2.45, 2.75) is 25.7 Å². The molecule has 2 amide bonds. The van der Waals surface area contributed by atoms with Crippen molar-refractivity contribution in [2.75, 3.05) is 18.1 Å². The number of anilines is 1. The quantitative estimate of drug-likeness (QED) is 0.174. The summed E-state index contributed by atoms with van der Waals surface area (Å²) >= 11 is 0. The molecule has 3 aliphatic carbocycles. The number of fused-ring (bicyclic) bond motifs is 3. The Morgan fingerprint density at radius 1 is 0.870 bits per heavy atom. The lowest BCUT2D eigenvalue weighted by Gasteiger charge is -2.42. The Bertz CT molecular complexity index is 1880. The zero-order valence-electron chi connectivity index (χ0n) is 25.1. The average molecular weight is 614 g/mol. The number of aliphatic hydroxyl groups excluding tert-OH is 1. The second-order valence-corrected chi connectivity index (χ2v) is 12.1. The highest BCUT2D eigenvalue weighted by Crippen LogP contribution is 2.55. The number of aliphatic hydroxyl groups is 1. The summed E-state index contributed by atoms with van der Waals surface area (Å²) in [6, 6.07) is 22.6. The zero-order chi connectivity index (χ0) is 32.1. The molecule has 3 aromatic rings. The summed E-state index contributed by atoms with van der Waals surface area (Å²) in [6.45, 7) is 1.64. The standard InChI is InChI=1S/C38H31NO7/c1-21-19-31(41)34-30(35(21)42)20-29-27(32(34)22-9-13-26(14-10-22)46-18-17-40)15-16-28-33(29)38(45)39(37(28)44)25-11-7-24(8-12-25)36(43)23-5-3-2-4-6-23/h2-15,19,28-29,32-33,40H,16-18,20H2,1H3/t28-,29+,32-,33-/m0/s1. The van der Waals surface area contributed by atoms with E-state index in [9.17, 15) is 24.0 Å². The lowest BCUT2D eigenvalue weighted by atomic mass is 9.59. The van der Waals surface area contributed by atoms with Crippen molar-refractivity contribution in [3.8, 4) is 5.75 Å². The van der Waals surface area contributed by atoms with E-state index in [0.29, 0.717) is 45.7 Å². The highest BCUT2D eigenvalue weighted by Gasteiger charge is 2.56. The fraction of sp³-hybridized carbons (Fsp3) is 0.237. The summed E-state index contributed by atoms with van der Waals surface area (Å²) in [7, 11) is 0. The summed E-state index contributed by atoms with van der Waals surface area (Å²) in [5, 5.41) is 9.12. The van der Waals surface area contributed by atoms with Crippen molar-refractivity contribution in [3.63, 3.8) is 0 Å². The number of imide groups is 1. The predicted molar refractivity (Wildman–Crippen MR) is 169 cm³/mol. The molecule has 8 nitrogen and oxygen atoms in total. The van der Waals surface area contributed by atoms with Crippen LogP contribution in [0.15, 0.2) is 113 Å². The fourth-order valence-corrected chi connectivity index (χ4v) is 7.45. The van der Waals surface area contributed by atoms with E-state index in [2.05, 4.69) is 0 Å². The maximum Gasteiger partial charge on any atom is 0.238 e. The average Bonchev–Trinajstić information content (AvgIpc) is 3.34. The van der Waals surface area contributed by atoms with Gasteiger partial charge in [-0.1, -0.05) is 54.1 Å². The van der Waals surface area contributed by atoms with Crippen LogP contribution in [-0.2, 0) is 19.2 Å². The number of Topliss-reactive ketones (excluding diaryl/α,β-unsaturated/α-hetero) is 1. The van der Waals surface area contributed by atoms with Gasteiger partial charge in [0.2, 0.25) is 11.8 Å². The molecule has 3 aromatic carbocycles. The second-order valence-electron chi connectivity index (χ2n) is 12.1. The van der Waals surface area contributed by atoms with E-state index in [1.165, 1.54) is 11.0 Å². The monoisotopic (exact) mass is 613 g/mol. The van der Waals surface area contributed by atoms with E-state index in [-0.39, 0.29) is 48.8 Å². The number of nitrogens with zero attached hydrogens (tertiary/aromatic N) is 1. The first-order chi connectivity index (χ1) is 22.3. The lowest BCUT2D eigenvalue weighted by molar-refractivity contribution is -0.123. The third-order valence-electron chi connectivity index (χ3n) is 9.56. The van der Waals surface area contributed by atoms with Crippen LogP contribution >= 0.6 is 0 Å². The van der Waals surface area contributed by atoms with Crippen LogP contribution < -0.4 is 9.64 Å². The van der Waals surface area contributed by atoms with Gasteiger partial charge in [-0.3, -0.25) is 28.9 Å². The van der Waals surface area contributed by atoms with Crippen LogP contribution in [0.5, 0.6) is 5.75 Å². The first-order valence-corrected chi connectivity index (χ1v) is 15.4. The SMILES string of the molecule is CC1=CC(=O)C2=C(C[C@@H]3C(=CC[C@@H]4C(=O)N(c5ccc(C(=O)c6ccccc6)cc5)C(=O)[C@@H]43)[C@@H]2c2ccc(OCCO)cc2)C1=O. The van der Waals surface area contributed by atoms with Crippen molar-refractivity contribution >= 4 is 34.9 Å². The van der Waals surface area contributed by atoms with Gasteiger partial charge in [0.25, 0.3) is 0 Å². The molecule has 8 heteroatoms. The molecule has 0 aromatic heterocycles. The van der Waals surface area contributed by atoms with Gasteiger partial charge in [-0.15, -0.1) is 0 Å². The number of allylic oxidation sites excluding steroid dienone is 6. The Hall–Kier alpha value is -5.21. The Labute approximate surface area is 265 Å². The third kappa shape index (κ3) is 4.77. The minimum absolute atomic E-state index is 0.125. The Morgan fingerprint density at radius 3 is 2.26 bits per heavy atom. The summed E-state index contributed by atoms with van der Waals surface area (Å²) < 4.78 is 5.53. The van der Waals surface area contributed by atoms with E-state index in [1.54, 1.807) is 67.6 Å². The van der Waals surface area contributed by atoms with Gasteiger partial charge in [0, 0.05) is 33.8 Å². The van der Waals surface area contributed by atoms with Gasteiger partial charge in [0.05, 0.1) is 24.1 Å². The van der Waals surface area contributed by atoms with Gasteiger partial charge in [-0.05, 0) is 73.7 Å². The highest BCUT2D eigenvalue weighted by molar-refractivity contribution is 6.25. The van der Waals surface area contributed by atoms with Crippen LogP contribution in [0.3, 0.4) is 0 Å². The highest BCUT2D eigenvalue weighted by atomic mass is 16.5. The van der Waals surface area contributed by atoms with E-state index in [0.717, 1.165) is 11.1 Å². The van der Waals surface area contributed by atoms with Crippen LogP contribution in [0.25, 0.3) is 0 Å². The van der Waals surface area contributed by atoms with E-state index >= 15 is 0 Å². The number of amides is 2. The van der Waals surface area contributed by atoms with E-state index in [4.69, 9.17) is 9.84 Å². The summed E-state index contributed by atoms with van der Waals surface area (Å²) in [5.41, 5.74) is 4.21. The van der Waals surface area contributed by atoms with Gasteiger partial charge < -0.3 is 9.84 Å². The summed E-state index contributed by atoms with van der Waals surface area (Å²) in [5.74, 6) is -2.99.